The van der Waals surface area contributed by atoms with Crippen molar-refractivity contribution in [2.75, 3.05) is 7.11 Å². The summed E-state index contributed by atoms with van der Waals surface area (Å²) in [6, 6.07) is 16.3. The van der Waals surface area contributed by atoms with Gasteiger partial charge in [0.2, 0.25) is 5.90 Å². The first kappa shape index (κ1) is 18.5. The number of benzene rings is 2. The molecule has 1 amide bonds. The average molecular weight is 459 g/mol. The topological polar surface area (TPSA) is 61.0 Å². The summed E-state index contributed by atoms with van der Waals surface area (Å²) in [5, 5.41) is 0.483. The minimum atomic E-state index is -0.501. The number of methoxy groups -OCH3 is 1. The summed E-state index contributed by atoms with van der Waals surface area (Å²) in [6.07, 6.45) is 1.51. The third-order valence-corrected chi connectivity index (χ3v) is 4.81. The van der Waals surface area contributed by atoms with Crippen molar-refractivity contribution in [2.45, 2.75) is 0 Å². The third kappa shape index (κ3) is 3.74. The highest BCUT2D eigenvalue weighted by Gasteiger charge is 2.27. The van der Waals surface area contributed by atoms with Crippen LogP contribution in [0.2, 0.25) is 5.02 Å². The molecule has 3 aromatic rings. The molecule has 1 aromatic heterocycles. The van der Waals surface area contributed by atoms with Gasteiger partial charge in [-0.2, -0.15) is 4.99 Å². The molecule has 0 saturated carbocycles. The Labute approximate surface area is 174 Å². The number of hydrogen-bond acceptors (Lipinski definition) is 4. The second-order valence-electron chi connectivity index (χ2n) is 5.89. The number of rotatable bonds is 4. The summed E-state index contributed by atoms with van der Waals surface area (Å²) in [6.45, 7) is 0. The van der Waals surface area contributed by atoms with Crippen LogP contribution in [-0.4, -0.2) is 18.9 Å². The molecule has 0 radical (unpaired) electrons. The molecule has 1 aliphatic heterocycles. The number of carbonyl (C=O) groups is 1. The first-order valence-corrected chi connectivity index (χ1v) is 9.43. The number of amides is 1. The number of halogens is 2. The Morgan fingerprint density at radius 2 is 1.89 bits per heavy atom. The van der Waals surface area contributed by atoms with Crippen molar-refractivity contribution >= 4 is 45.4 Å². The summed E-state index contributed by atoms with van der Waals surface area (Å²) in [4.78, 5) is 16.2. The van der Waals surface area contributed by atoms with Crippen molar-refractivity contribution in [1.29, 1.82) is 0 Å². The van der Waals surface area contributed by atoms with Gasteiger partial charge in [0.1, 0.15) is 17.3 Å². The Morgan fingerprint density at radius 3 is 2.64 bits per heavy atom. The highest BCUT2D eigenvalue weighted by molar-refractivity contribution is 9.10. The van der Waals surface area contributed by atoms with Gasteiger partial charge < -0.3 is 13.9 Å². The number of nitrogens with zero attached hydrogens (tertiary/aromatic N) is 1. The van der Waals surface area contributed by atoms with E-state index < -0.39 is 5.91 Å². The molecule has 2 aromatic carbocycles. The monoisotopic (exact) mass is 457 g/mol. The predicted molar refractivity (Wildman–Crippen MR) is 110 cm³/mol. The molecule has 1 aliphatic rings. The number of hydrogen-bond donors (Lipinski definition) is 0. The van der Waals surface area contributed by atoms with Crippen molar-refractivity contribution in [3.63, 3.8) is 0 Å². The van der Waals surface area contributed by atoms with Crippen LogP contribution in [0.4, 0.5) is 0 Å². The fourth-order valence-corrected chi connectivity index (χ4v) is 3.14. The van der Waals surface area contributed by atoms with Gasteiger partial charge in [0.25, 0.3) is 0 Å². The fourth-order valence-electron chi connectivity index (χ4n) is 2.70. The first-order valence-electron chi connectivity index (χ1n) is 8.26. The molecule has 28 heavy (non-hydrogen) atoms. The van der Waals surface area contributed by atoms with Crippen LogP contribution >= 0.6 is 27.5 Å². The molecule has 0 aliphatic carbocycles. The van der Waals surface area contributed by atoms with Crippen LogP contribution in [0.3, 0.4) is 0 Å². The summed E-state index contributed by atoms with van der Waals surface area (Å²) in [5.41, 5.74) is 1.42. The minimum absolute atomic E-state index is 0.0636. The van der Waals surface area contributed by atoms with Gasteiger partial charge in [0.15, 0.2) is 5.76 Å². The van der Waals surface area contributed by atoms with Gasteiger partial charge in [-0.3, -0.25) is 4.79 Å². The van der Waals surface area contributed by atoms with E-state index in [-0.39, 0.29) is 11.7 Å². The molecular weight excluding hydrogens is 446 g/mol. The van der Waals surface area contributed by atoms with Crippen molar-refractivity contribution in [2.24, 2.45) is 4.99 Å². The molecule has 140 valence electrons. The predicted octanol–water partition coefficient (Wildman–Crippen LogP) is 5.72. The second kappa shape index (κ2) is 7.66. The van der Waals surface area contributed by atoms with Crippen LogP contribution in [0.15, 0.2) is 74.2 Å². The molecule has 0 unspecified atom stereocenters. The molecule has 0 saturated heterocycles. The van der Waals surface area contributed by atoms with Gasteiger partial charge in [0.05, 0.1) is 12.7 Å². The van der Waals surface area contributed by atoms with Crippen molar-refractivity contribution < 1.29 is 18.7 Å². The highest BCUT2D eigenvalue weighted by atomic mass is 79.9. The Kier molecular flexibility index (Phi) is 5.07. The van der Waals surface area contributed by atoms with Gasteiger partial charge >= 0.3 is 5.91 Å². The standard InChI is InChI=1S/C21H13BrClNO4/c1-26-18-8-6-14(23)10-16(18)21-24-20(25)19(28-21)11-15-7-9-17(27-15)12-2-4-13(22)5-3-12/h2-11H,1H3/b19-11-. The largest absolute Gasteiger partial charge is 0.496 e. The highest BCUT2D eigenvalue weighted by Crippen LogP contribution is 2.29. The molecule has 7 heteroatoms. The molecule has 5 nitrogen and oxygen atoms in total. The van der Waals surface area contributed by atoms with E-state index in [9.17, 15) is 4.79 Å². The Hall–Kier alpha value is -2.83. The van der Waals surface area contributed by atoms with E-state index >= 15 is 0 Å². The lowest BCUT2D eigenvalue weighted by Crippen LogP contribution is -2.03. The summed E-state index contributed by atoms with van der Waals surface area (Å²) >= 11 is 9.45. The summed E-state index contributed by atoms with van der Waals surface area (Å²) in [5.74, 6) is 1.37. The molecule has 2 heterocycles. The van der Waals surface area contributed by atoms with Crippen LogP contribution in [-0.2, 0) is 9.53 Å². The van der Waals surface area contributed by atoms with Crippen LogP contribution in [0.1, 0.15) is 11.3 Å². The molecule has 4 rings (SSSR count). The van der Waals surface area contributed by atoms with E-state index in [1.165, 1.54) is 13.2 Å². The van der Waals surface area contributed by atoms with Crippen molar-refractivity contribution in [1.82, 2.24) is 0 Å². The lowest BCUT2D eigenvalue weighted by Gasteiger charge is -2.08. The van der Waals surface area contributed by atoms with Crippen molar-refractivity contribution in [3.8, 4) is 17.1 Å². The molecule has 0 spiro atoms. The van der Waals surface area contributed by atoms with E-state index in [0.717, 1.165) is 10.0 Å². The Bertz CT molecular complexity index is 1120. The van der Waals surface area contributed by atoms with Gasteiger partial charge in [-0.1, -0.05) is 39.7 Å². The summed E-state index contributed by atoms with van der Waals surface area (Å²) < 4.78 is 17.7. The van der Waals surface area contributed by atoms with Gasteiger partial charge in [-0.15, -0.1) is 0 Å². The van der Waals surface area contributed by atoms with Crippen LogP contribution in [0.5, 0.6) is 5.75 Å². The lowest BCUT2D eigenvalue weighted by atomic mass is 10.2. The Balaban J connectivity index is 1.59. The fraction of sp³-hybridized carbons (Fsp3) is 0.0476. The first-order chi connectivity index (χ1) is 13.5. The third-order valence-electron chi connectivity index (χ3n) is 4.04. The SMILES string of the molecule is COc1ccc(Cl)cc1C1=NC(=O)/C(=C/c2ccc(-c3ccc(Br)cc3)o2)O1. The maximum absolute atomic E-state index is 12.3. The maximum atomic E-state index is 12.3. The molecule has 0 N–H and O–H groups in total. The van der Waals surface area contributed by atoms with E-state index in [1.807, 2.05) is 30.3 Å². The van der Waals surface area contributed by atoms with E-state index in [1.54, 1.807) is 24.3 Å². The van der Waals surface area contributed by atoms with Gasteiger partial charge in [0, 0.05) is 21.1 Å². The Morgan fingerprint density at radius 1 is 1.11 bits per heavy atom. The van der Waals surface area contributed by atoms with Gasteiger partial charge in [-0.25, -0.2) is 0 Å². The zero-order chi connectivity index (χ0) is 19.7. The van der Waals surface area contributed by atoms with Crippen LogP contribution in [0, 0.1) is 0 Å². The molecular formula is C21H13BrClNO4. The molecule has 0 atom stereocenters. The quantitative estimate of drug-likeness (QED) is 0.469. The second-order valence-corrected chi connectivity index (χ2v) is 7.24. The summed E-state index contributed by atoms with van der Waals surface area (Å²) in [7, 11) is 1.52. The lowest BCUT2D eigenvalue weighted by molar-refractivity contribution is -0.115. The smallest absolute Gasteiger partial charge is 0.316 e. The van der Waals surface area contributed by atoms with E-state index in [2.05, 4.69) is 20.9 Å². The maximum Gasteiger partial charge on any atom is 0.316 e. The van der Waals surface area contributed by atoms with E-state index in [0.29, 0.717) is 27.9 Å². The van der Waals surface area contributed by atoms with Crippen LogP contribution in [0.25, 0.3) is 17.4 Å². The number of furan rings is 1. The van der Waals surface area contributed by atoms with Crippen LogP contribution < -0.4 is 4.74 Å². The zero-order valence-corrected chi connectivity index (χ0v) is 17.0. The van der Waals surface area contributed by atoms with E-state index in [4.69, 9.17) is 25.5 Å². The minimum Gasteiger partial charge on any atom is -0.496 e. The molecule has 0 fully saturated rings. The van der Waals surface area contributed by atoms with Crippen molar-refractivity contribution in [3.05, 3.63) is 81.2 Å². The number of ether oxygens (including phenoxy) is 2. The average Bonchev–Trinajstić information content (AvgIpc) is 3.30. The molecule has 0 bridgehead atoms. The van der Waals surface area contributed by atoms with Gasteiger partial charge in [-0.05, 0) is 42.5 Å². The normalized spacial score (nSPS) is 14.9. The number of aliphatic imine (C=N–C) groups is 1. The zero-order valence-electron chi connectivity index (χ0n) is 14.6. The number of carbonyl (C=O) groups excluding carboxylic acids is 1.